The summed E-state index contributed by atoms with van der Waals surface area (Å²) in [5.41, 5.74) is 1.16. The maximum atomic E-state index is 5.75. The van der Waals surface area contributed by atoms with Gasteiger partial charge < -0.3 is 20.1 Å². The molecule has 5 nitrogen and oxygen atoms in total. The van der Waals surface area contributed by atoms with E-state index in [0.717, 1.165) is 36.8 Å². The first kappa shape index (κ1) is 22.0. The number of hydrogen-bond acceptors (Lipinski definition) is 3. The summed E-state index contributed by atoms with van der Waals surface area (Å²) >= 11 is 0. The van der Waals surface area contributed by atoms with E-state index < -0.39 is 0 Å². The molecule has 0 radical (unpaired) electrons. The van der Waals surface area contributed by atoms with Crippen molar-refractivity contribution in [3.63, 3.8) is 0 Å². The Bertz CT molecular complexity index is 505. The number of ether oxygens (including phenoxy) is 2. The van der Waals surface area contributed by atoms with Gasteiger partial charge in [-0.15, -0.1) is 24.0 Å². The topological polar surface area (TPSA) is 54.9 Å². The van der Waals surface area contributed by atoms with Crippen LogP contribution in [-0.4, -0.2) is 38.9 Å². The number of nitrogens with zero attached hydrogens (tertiary/aromatic N) is 1. The van der Waals surface area contributed by atoms with E-state index in [9.17, 15) is 0 Å². The largest absolute Gasteiger partial charge is 0.493 e. The van der Waals surface area contributed by atoms with Gasteiger partial charge in [-0.3, -0.25) is 0 Å². The molecule has 1 aromatic carbocycles. The lowest BCUT2D eigenvalue weighted by Gasteiger charge is -2.16. The van der Waals surface area contributed by atoms with Crippen LogP contribution in [0.5, 0.6) is 5.75 Å². The second kappa shape index (κ2) is 13.2. The van der Waals surface area contributed by atoms with Gasteiger partial charge in [0.15, 0.2) is 5.96 Å². The fraction of sp³-hybridized carbons (Fsp3) is 0.632. The van der Waals surface area contributed by atoms with Gasteiger partial charge >= 0.3 is 0 Å². The molecule has 0 aromatic heterocycles. The van der Waals surface area contributed by atoms with Crippen molar-refractivity contribution in [3.05, 3.63) is 29.8 Å². The smallest absolute Gasteiger partial charge is 0.191 e. The van der Waals surface area contributed by atoms with Crippen molar-refractivity contribution >= 4 is 29.9 Å². The van der Waals surface area contributed by atoms with Crippen LogP contribution >= 0.6 is 24.0 Å². The minimum atomic E-state index is 0. The Hall–Kier alpha value is -1.02. The Labute approximate surface area is 169 Å². The molecule has 1 aliphatic carbocycles. The first-order chi connectivity index (χ1) is 11.8. The van der Waals surface area contributed by atoms with Gasteiger partial charge in [0.25, 0.3) is 0 Å². The molecule has 2 N–H and O–H groups in total. The third-order valence-corrected chi connectivity index (χ3v) is 4.12. The first-order valence-electron chi connectivity index (χ1n) is 9.07. The Kier molecular flexibility index (Phi) is 11.6. The Morgan fingerprint density at radius 1 is 1.24 bits per heavy atom. The summed E-state index contributed by atoms with van der Waals surface area (Å²) < 4.78 is 10.8. The van der Waals surface area contributed by atoms with Crippen LogP contribution in [0.3, 0.4) is 0 Å². The monoisotopic (exact) mass is 461 g/mol. The Morgan fingerprint density at radius 3 is 2.76 bits per heavy atom. The normalized spacial score (nSPS) is 14.9. The lowest BCUT2D eigenvalue weighted by molar-refractivity contribution is 0.172. The molecule has 1 aliphatic rings. The zero-order valence-corrected chi connectivity index (χ0v) is 17.8. The fourth-order valence-corrected chi connectivity index (χ4v) is 2.88. The number of nitrogens with one attached hydrogen (secondary N) is 2. The van der Waals surface area contributed by atoms with E-state index in [1.54, 1.807) is 7.11 Å². The van der Waals surface area contributed by atoms with E-state index in [2.05, 4.69) is 29.7 Å². The van der Waals surface area contributed by atoms with Gasteiger partial charge in [0.2, 0.25) is 0 Å². The van der Waals surface area contributed by atoms with Crippen LogP contribution in [0.25, 0.3) is 0 Å². The number of guanidine groups is 1. The van der Waals surface area contributed by atoms with E-state index in [-0.39, 0.29) is 24.0 Å². The van der Waals surface area contributed by atoms with Gasteiger partial charge in [-0.25, -0.2) is 4.99 Å². The zero-order chi connectivity index (χ0) is 17.0. The Balaban J connectivity index is 0.00000312. The molecule has 0 atom stereocenters. The van der Waals surface area contributed by atoms with Gasteiger partial charge in [0, 0.05) is 32.7 Å². The van der Waals surface area contributed by atoms with Crippen LogP contribution in [0.2, 0.25) is 0 Å². The summed E-state index contributed by atoms with van der Waals surface area (Å²) in [6, 6.07) is 8.73. The van der Waals surface area contributed by atoms with Crippen molar-refractivity contribution in [2.75, 3.05) is 26.9 Å². The van der Waals surface area contributed by atoms with Crippen molar-refractivity contribution in [2.45, 2.75) is 51.6 Å². The quantitative estimate of drug-likeness (QED) is 0.255. The van der Waals surface area contributed by atoms with Crippen LogP contribution in [0.4, 0.5) is 0 Å². The molecule has 1 saturated carbocycles. The molecule has 0 amide bonds. The van der Waals surface area contributed by atoms with Crippen LogP contribution in [0.1, 0.15) is 44.6 Å². The van der Waals surface area contributed by atoms with E-state index in [1.807, 2.05) is 12.1 Å². The molecule has 0 bridgehead atoms. The van der Waals surface area contributed by atoms with Crippen LogP contribution in [0.15, 0.2) is 29.3 Å². The molecule has 0 heterocycles. The van der Waals surface area contributed by atoms with E-state index in [0.29, 0.717) is 19.2 Å². The van der Waals surface area contributed by atoms with E-state index >= 15 is 0 Å². The summed E-state index contributed by atoms with van der Waals surface area (Å²) in [6.07, 6.45) is 6.03. The predicted octanol–water partition coefficient (Wildman–Crippen LogP) is 3.72. The molecule has 2 rings (SSSR count). The third-order valence-electron chi connectivity index (χ3n) is 4.12. The molecule has 25 heavy (non-hydrogen) atoms. The van der Waals surface area contributed by atoms with Gasteiger partial charge in [0.05, 0.1) is 13.2 Å². The first-order valence-corrected chi connectivity index (χ1v) is 9.07. The number of rotatable bonds is 9. The minimum absolute atomic E-state index is 0. The number of hydrogen-bond donors (Lipinski definition) is 2. The van der Waals surface area contributed by atoms with Crippen LogP contribution < -0.4 is 15.4 Å². The molecule has 0 spiro atoms. The molecular formula is C19H32IN3O2. The average Bonchev–Trinajstić information content (AvgIpc) is 3.10. The van der Waals surface area contributed by atoms with Crippen molar-refractivity contribution in [1.29, 1.82) is 0 Å². The number of methoxy groups -OCH3 is 1. The molecule has 1 fully saturated rings. The predicted molar refractivity (Wildman–Crippen MR) is 114 cm³/mol. The maximum absolute atomic E-state index is 5.75. The van der Waals surface area contributed by atoms with Crippen molar-refractivity contribution in [2.24, 2.45) is 4.99 Å². The second-order valence-electron chi connectivity index (χ2n) is 6.16. The van der Waals surface area contributed by atoms with Gasteiger partial charge in [-0.2, -0.15) is 0 Å². The SMILES string of the molecule is CCNC(=NCc1cccc(OCCCOC)c1)NC1CCCC1.I. The Morgan fingerprint density at radius 2 is 2.04 bits per heavy atom. The lowest BCUT2D eigenvalue weighted by Crippen LogP contribution is -2.42. The highest BCUT2D eigenvalue weighted by Gasteiger charge is 2.15. The van der Waals surface area contributed by atoms with E-state index in [1.165, 1.54) is 25.7 Å². The zero-order valence-electron chi connectivity index (χ0n) is 15.4. The molecule has 0 saturated heterocycles. The van der Waals surface area contributed by atoms with Crippen LogP contribution in [-0.2, 0) is 11.3 Å². The standard InChI is InChI=1S/C19H31N3O2.HI/c1-3-20-19(22-17-9-4-5-10-17)21-15-16-8-6-11-18(14-16)24-13-7-12-23-2;/h6,8,11,14,17H,3-5,7,9-10,12-13,15H2,1-2H3,(H2,20,21,22);1H. The maximum Gasteiger partial charge on any atom is 0.191 e. The summed E-state index contributed by atoms with van der Waals surface area (Å²) in [5.74, 6) is 1.81. The molecule has 1 aromatic rings. The van der Waals surface area contributed by atoms with Crippen LogP contribution in [0, 0.1) is 0 Å². The minimum Gasteiger partial charge on any atom is -0.493 e. The molecule has 0 aliphatic heterocycles. The average molecular weight is 461 g/mol. The highest BCUT2D eigenvalue weighted by molar-refractivity contribution is 14.0. The summed E-state index contributed by atoms with van der Waals surface area (Å²) in [6.45, 7) is 5.02. The second-order valence-corrected chi connectivity index (χ2v) is 6.16. The number of benzene rings is 1. The highest BCUT2D eigenvalue weighted by atomic mass is 127. The fourth-order valence-electron chi connectivity index (χ4n) is 2.88. The lowest BCUT2D eigenvalue weighted by atomic mass is 10.2. The molecular weight excluding hydrogens is 429 g/mol. The van der Waals surface area contributed by atoms with Crippen molar-refractivity contribution in [1.82, 2.24) is 10.6 Å². The molecule has 142 valence electrons. The van der Waals surface area contributed by atoms with Gasteiger partial charge in [-0.05, 0) is 37.5 Å². The number of aliphatic imine (C=N–C) groups is 1. The third kappa shape index (κ3) is 8.76. The highest BCUT2D eigenvalue weighted by Crippen LogP contribution is 2.18. The van der Waals surface area contributed by atoms with E-state index in [4.69, 9.17) is 14.5 Å². The van der Waals surface area contributed by atoms with Crippen molar-refractivity contribution < 1.29 is 9.47 Å². The van der Waals surface area contributed by atoms with Gasteiger partial charge in [-0.1, -0.05) is 25.0 Å². The summed E-state index contributed by atoms with van der Waals surface area (Å²) in [7, 11) is 1.71. The number of halogens is 1. The summed E-state index contributed by atoms with van der Waals surface area (Å²) in [4.78, 5) is 4.72. The molecule has 6 heteroatoms. The van der Waals surface area contributed by atoms with Gasteiger partial charge in [0.1, 0.15) is 5.75 Å². The summed E-state index contributed by atoms with van der Waals surface area (Å²) in [5, 5.41) is 6.88. The molecule has 0 unspecified atom stereocenters. The van der Waals surface area contributed by atoms with Crippen molar-refractivity contribution in [3.8, 4) is 5.75 Å².